The summed E-state index contributed by atoms with van der Waals surface area (Å²) in [4.78, 5) is 2.40. The Hall–Kier alpha value is -1.06. The predicted molar refractivity (Wildman–Crippen MR) is 71.1 cm³/mol. The summed E-state index contributed by atoms with van der Waals surface area (Å²) in [7, 11) is 2.18. The van der Waals surface area contributed by atoms with E-state index in [1.54, 1.807) is 0 Å². The Balaban J connectivity index is 2.01. The predicted octanol–water partition coefficient (Wildman–Crippen LogP) is 2.07. The molecular weight excluding hydrogens is 212 g/mol. The summed E-state index contributed by atoms with van der Waals surface area (Å²) >= 11 is 0. The molecule has 1 aromatic rings. The van der Waals surface area contributed by atoms with Crippen molar-refractivity contribution in [1.29, 1.82) is 0 Å². The minimum atomic E-state index is 0.103. The third-order valence-electron chi connectivity index (χ3n) is 3.76. The summed E-state index contributed by atoms with van der Waals surface area (Å²) in [5.41, 5.74) is 2.07. The Kier molecular flexibility index (Phi) is 4.02. The van der Waals surface area contributed by atoms with Crippen LogP contribution in [0.2, 0.25) is 0 Å². The van der Waals surface area contributed by atoms with E-state index in [9.17, 15) is 5.11 Å². The molecule has 2 N–H and O–H groups in total. The van der Waals surface area contributed by atoms with Gasteiger partial charge in [0.2, 0.25) is 0 Å². The number of hydrogen-bond donors (Lipinski definition) is 2. The van der Waals surface area contributed by atoms with Crippen molar-refractivity contribution in [2.75, 3.05) is 18.9 Å². The molecule has 0 aliphatic carbocycles. The van der Waals surface area contributed by atoms with Crippen LogP contribution in [0.15, 0.2) is 24.3 Å². The molecular formula is C14H22N2O. The number of rotatable bonds is 3. The van der Waals surface area contributed by atoms with E-state index in [-0.39, 0.29) is 6.61 Å². The second-order valence-corrected chi connectivity index (χ2v) is 5.01. The first kappa shape index (κ1) is 12.4. The average Bonchev–Trinajstić information content (AvgIpc) is 2.34. The molecule has 1 fully saturated rings. The van der Waals surface area contributed by atoms with Gasteiger partial charge in [0.25, 0.3) is 0 Å². The molecule has 94 valence electrons. The highest BCUT2D eigenvalue weighted by atomic mass is 16.3. The number of piperidine rings is 1. The topological polar surface area (TPSA) is 35.5 Å². The van der Waals surface area contributed by atoms with Crippen LogP contribution >= 0.6 is 0 Å². The fourth-order valence-electron chi connectivity index (χ4n) is 2.44. The van der Waals surface area contributed by atoms with Gasteiger partial charge >= 0.3 is 0 Å². The maximum Gasteiger partial charge on any atom is 0.0701 e. The highest BCUT2D eigenvalue weighted by molar-refractivity contribution is 5.51. The number of nitrogens with zero attached hydrogens (tertiary/aromatic N) is 1. The van der Waals surface area contributed by atoms with Crippen LogP contribution in [0, 0.1) is 0 Å². The van der Waals surface area contributed by atoms with Crippen molar-refractivity contribution in [2.24, 2.45) is 0 Å². The Morgan fingerprint density at radius 2 is 2.18 bits per heavy atom. The van der Waals surface area contributed by atoms with Crippen LogP contribution in [0.1, 0.15) is 25.3 Å². The first-order valence-electron chi connectivity index (χ1n) is 6.36. The molecule has 2 rings (SSSR count). The van der Waals surface area contributed by atoms with E-state index >= 15 is 0 Å². The van der Waals surface area contributed by atoms with E-state index in [0.29, 0.717) is 12.1 Å². The molecule has 1 aliphatic rings. The fraction of sp³-hybridized carbons (Fsp3) is 0.571. The second-order valence-electron chi connectivity index (χ2n) is 5.01. The number of aliphatic hydroxyl groups excluding tert-OH is 1. The molecule has 3 heteroatoms. The summed E-state index contributed by atoms with van der Waals surface area (Å²) in [5, 5.41) is 12.9. The van der Waals surface area contributed by atoms with Crippen LogP contribution < -0.4 is 5.32 Å². The maximum absolute atomic E-state index is 9.29. The lowest BCUT2D eigenvalue weighted by Crippen LogP contribution is -2.42. The van der Waals surface area contributed by atoms with Crippen LogP contribution in [0.3, 0.4) is 0 Å². The molecule has 2 unspecified atom stereocenters. The summed E-state index contributed by atoms with van der Waals surface area (Å²) in [6.07, 6.45) is 2.33. The minimum Gasteiger partial charge on any atom is -0.392 e. The lowest BCUT2D eigenvalue weighted by Gasteiger charge is -2.36. The molecule has 0 aromatic heterocycles. The Labute approximate surface area is 103 Å². The number of para-hydroxylation sites is 1. The number of aliphatic hydroxyl groups is 1. The molecule has 1 aliphatic heterocycles. The number of benzene rings is 1. The standard InChI is InChI=1S/C14H22N2O/c1-11-9-13(7-8-16(11)2)15-14-6-4-3-5-12(14)10-17/h3-6,11,13,15,17H,7-10H2,1-2H3. The lowest BCUT2D eigenvalue weighted by atomic mass is 9.98. The maximum atomic E-state index is 9.29. The van der Waals surface area contributed by atoms with Crippen molar-refractivity contribution in [2.45, 2.75) is 38.5 Å². The molecule has 2 atom stereocenters. The van der Waals surface area contributed by atoms with Gasteiger partial charge in [-0.25, -0.2) is 0 Å². The van der Waals surface area contributed by atoms with Crippen LogP contribution in [-0.2, 0) is 6.61 Å². The molecule has 0 saturated carbocycles. The summed E-state index contributed by atoms with van der Waals surface area (Å²) in [6, 6.07) is 9.15. The van der Waals surface area contributed by atoms with Crippen molar-refractivity contribution >= 4 is 5.69 Å². The van der Waals surface area contributed by atoms with Gasteiger partial charge in [-0.2, -0.15) is 0 Å². The van der Waals surface area contributed by atoms with Crippen LogP contribution in [0.5, 0.6) is 0 Å². The quantitative estimate of drug-likeness (QED) is 0.840. The van der Waals surface area contributed by atoms with Crippen molar-refractivity contribution in [3.63, 3.8) is 0 Å². The number of anilines is 1. The van der Waals surface area contributed by atoms with Gasteiger partial charge in [-0.1, -0.05) is 18.2 Å². The highest BCUT2D eigenvalue weighted by Crippen LogP contribution is 2.22. The fourth-order valence-corrected chi connectivity index (χ4v) is 2.44. The SMILES string of the molecule is CC1CC(Nc2ccccc2CO)CCN1C. The second kappa shape index (κ2) is 5.52. The first-order valence-corrected chi connectivity index (χ1v) is 6.36. The normalized spacial score (nSPS) is 25.8. The van der Waals surface area contributed by atoms with E-state index in [0.717, 1.165) is 24.2 Å². The summed E-state index contributed by atoms with van der Waals surface area (Å²) in [5.74, 6) is 0. The number of hydrogen-bond acceptors (Lipinski definition) is 3. The Morgan fingerprint density at radius 3 is 2.88 bits per heavy atom. The van der Waals surface area contributed by atoms with E-state index in [1.807, 2.05) is 18.2 Å². The molecule has 0 amide bonds. The molecule has 1 saturated heterocycles. The highest BCUT2D eigenvalue weighted by Gasteiger charge is 2.22. The monoisotopic (exact) mass is 234 g/mol. The number of nitrogens with one attached hydrogen (secondary N) is 1. The first-order chi connectivity index (χ1) is 8.20. The van der Waals surface area contributed by atoms with Gasteiger partial charge in [-0.05, 0) is 32.9 Å². The van der Waals surface area contributed by atoms with Gasteiger partial charge in [-0.15, -0.1) is 0 Å². The van der Waals surface area contributed by atoms with Gasteiger partial charge in [0.1, 0.15) is 0 Å². The largest absolute Gasteiger partial charge is 0.392 e. The van der Waals surface area contributed by atoms with Crippen molar-refractivity contribution in [3.8, 4) is 0 Å². The minimum absolute atomic E-state index is 0.103. The molecule has 3 nitrogen and oxygen atoms in total. The summed E-state index contributed by atoms with van der Waals surface area (Å²) < 4.78 is 0. The van der Waals surface area contributed by atoms with Crippen LogP contribution in [-0.4, -0.2) is 35.7 Å². The van der Waals surface area contributed by atoms with Crippen LogP contribution in [0.4, 0.5) is 5.69 Å². The van der Waals surface area contributed by atoms with E-state index in [1.165, 1.54) is 6.42 Å². The molecule has 1 aromatic carbocycles. The molecule has 0 bridgehead atoms. The third-order valence-corrected chi connectivity index (χ3v) is 3.76. The zero-order chi connectivity index (χ0) is 12.3. The van der Waals surface area contributed by atoms with Gasteiger partial charge in [-0.3, -0.25) is 0 Å². The molecule has 17 heavy (non-hydrogen) atoms. The lowest BCUT2D eigenvalue weighted by molar-refractivity contribution is 0.190. The zero-order valence-electron chi connectivity index (χ0n) is 10.7. The molecule has 0 spiro atoms. The molecule has 1 heterocycles. The Bertz CT molecular complexity index is 367. The number of likely N-dealkylation sites (tertiary alicyclic amines) is 1. The zero-order valence-corrected chi connectivity index (χ0v) is 10.7. The van der Waals surface area contributed by atoms with Gasteiger partial charge < -0.3 is 15.3 Å². The Morgan fingerprint density at radius 1 is 1.41 bits per heavy atom. The van der Waals surface area contributed by atoms with Crippen molar-refractivity contribution in [1.82, 2.24) is 4.90 Å². The smallest absolute Gasteiger partial charge is 0.0701 e. The van der Waals surface area contributed by atoms with Crippen molar-refractivity contribution < 1.29 is 5.11 Å². The van der Waals surface area contributed by atoms with Gasteiger partial charge in [0.15, 0.2) is 0 Å². The van der Waals surface area contributed by atoms with E-state index in [4.69, 9.17) is 0 Å². The van der Waals surface area contributed by atoms with Crippen LogP contribution in [0.25, 0.3) is 0 Å². The summed E-state index contributed by atoms with van der Waals surface area (Å²) in [6.45, 7) is 3.51. The van der Waals surface area contributed by atoms with Gasteiger partial charge in [0.05, 0.1) is 6.61 Å². The van der Waals surface area contributed by atoms with E-state index in [2.05, 4.69) is 30.3 Å². The van der Waals surface area contributed by atoms with E-state index < -0.39 is 0 Å². The van der Waals surface area contributed by atoms with Crippen molar-refractivity contribution in [3.05, 3.63) is 29.8 Å². The third kappa shape index (κ3) is 2.99. The average molecular weight is 234 g/mol. The molecule has 0 radical (unpaired) electrons. The van der Waals surface area contributed by atoms with Gasteiger partial charge in [0, 0.05) is 29.9 Å².